The number of rotatable bonds is 6. The zero-order valence-electron chi connectivity index (χ0n) is 15.8. The number of nitrogens with one attached hydrogen (secondary N) is 1. The molecule has 0 saturated heterocycles. The summed E-state index contributed by atoms with van der Waals surface area (Å²) in [7, 11) is 0. The molecule has 0 spiro atoms. The van der Waals surface area contributed by atoms with E-state index in [9.17, 15) is 9.59 Å². The van der Waals surface area contributed by atoms with Gasteiger partial charge in [0.25, 0.3) is 0 Å². The standard InChI is InChI=1S/C22H25NO3S/c1-3-14-26-22(25)20-17-6-4-5-7-18(17)27-21(20)23-19(24)13-12-16-10-8-15(2)9-11-16/h8-13H,3-7,14H2,1-2H3,(H,23,24)/b13-12+. The van der Waals surface area contributed by atoms with E-state index in [0.29, 0.717) is 17.2 Å². The summed E-state index contributed by atoms with van der Waals surface area (Å²) in [5.74, 6) is -0.562. The van der Waals surface area contributed by atoms with Crippen LogP contribution in [0.4, 0.5) is 5.00 Å². The van der Waals surface area contributed by atoms with Crippen LogP contribution in [0, 0.1) is 6.92 Å². The van der Waals surface area contributed by atoms with Crippen LogP contribution in [-0.2, 0) is 22.4 Å². The summed E-state index contributed by atoms with van der Waals surface area (Å²) in [6.45, 7) is 4.39. The first kappa shape index (κ1) is 19.4. The van der Waals surface area contributed by atoms with E-state index in [2.05, 4.69) is 5.32 Å². The molecule has 27 heavy (non-hydrogen) atoms. The van der Waals surface area contributed by atoms with Gasteiger partial charge in [-0.05, 0) is 56.2 Å². The molecule has 1 heterocycles. The minimum absolute atomic E-state index is 0.237. The highest BCUT2D eigenvalue weighted by atomic mass is 32.1. The van der Waals surface area contributed by atoms with Crippen molar-refractivity contribution < 1.29 is 14.3 Å². The summed E-state index contributed by atoms with van der Waals surface area (Å²) in [6.07, 6.45) is 8.08. The summed E-state index contributed by atoms with van der Waals surface area (Å²) < 4.78 is 5.36. The van der Waals surface area contributed by atoms with Crippen LogP contribution >= 0.6 is 11.3 Å². The number of carbonyl (C=O) groups excluding carboxylic acids is 2. The molecule has 0 atom stereocenters. The Morgan fingerprint density at radius 1 is 1.19 bits per heavy atom. The summed E-state index contributed by atoms with van der Waals surface area (Å²) in [5, 5.41) is 3.51. The lowest BCUT2D eigenvalue weighted by Crippen LogP contribution is -2.14. The number of amides is 1. The Labute approximate surface area is 164 Å². The van der Waals surface area contributed by atoms with Gasteiger partial charge in [-0.1, -0.05) is 36.8 Å². The van der Waals surface area contributed by atoms with Gasteiger partial charge in [0.05, 0.1) is 12.2 Å². The fourth-order valence-electron chi connectivity index (χ4n) is 3.14. The maximum Gasteiger partial charge on any atom is 0.341 e. The van der Waals surface area contributed by atoms with Crippen LogP contribution in [0.1, 0.15) is 58.1 Å². The third kappa shape index (κ3) is 4.86. The van der Waals surface area contributed by atoms with Crippen LogP contribution in [0.3, 0.4) is 0 Å². The van der Waals surface area contributed by atoms with Crippen molar-refractivity contribution in [1.82, 2.24) is 0 Å². The summed E-state index contributed by atoms with van der Waals surface area (Å²) in [4.78, 5) is 26.2. The SMILES string of the molecule is CCCOC(=O)c1c(NC(=O)/C=C/c2ccc(C)cc2)sc2c1CCCC2. The maximum absolute atomic E-state index is 12.6. The second-order valence-corrected chi connectivity index (χ2v) is 7.89. The Kier molecular flexibility index (Phi) is 6.45. The van der Waals surface area contributed by atoms with E-state index in [0.717, 1.165) is 43.2 Å². The van der Waals surface area contributed by atoms with Crippen molar-refractivity contribution in [2.75, 3.05) is 11.9 Å². The lowest BCUT2D eigenvalue weighted by atomic mass is 9.95. The monoisotopic (exact) mass is 383 g/mol. The summed E-state index contributed by atoms with van der Waals surface area (Å²) in [5.41, 5.74) is 3.75. The molecule has 0 radical (unpaired) electrons. The van der Waals surface area contributed by atoms with Crippen LogP contribution < -0.4 is 5.32 Å². The summed E-state index contributed by atoms with van der Waals surface area (Å²) in [6, 6.07) is 7.95. The van der Waals surface area contributed by atoms with Gasteiger partial charge < -0.3 is 10.1 Å². The van der Waals surface area contributed by atoms with Crippen molar-refractivity contribution in [3.05, 3.63) is 57.5 Å². The Balaban J connectivity index is 1.78. The van der Waals surface area contributed by atoms with E-state index in [-0.39, 0.29) is 11.9 Å². The lowest BCUT2D eigenvalue weighted by Gasteiger charge is -2.12. The highest BCUT2D eigenvalue weighted by Crippen LogP contribution is 2.38. The second kappa shape index (κ2) is 9.00. The van der Waals surface area contributed by atoms with Gasteiger partial charge in [0, 0.05) is 11.0 Å². The molecule has 0 saturated carbocycles. The number of hydrogen-bond donors (Lipinski definition) is 1. The van der Waals surface area contributed by atoms with Crippen LogP contribution in [0.25, 0.3) is 6.08 Å². The molecule has 4 nitrogen and oxygen atoms in total. The molecule has 0 aliphatic heterocycles. The van der Waals surface area contributed by atoms with E-state index in [1.165, 1.54) is 27.9 Å². The lowest BCUT2D eigenvalue weighted by molar-refractivity contribution is -0.111. The molecule has 3 rings (SSSR count). The van der Waals surface area contributed by atoms with Crippen molar-refractivity contribution in [1.29, 1.82) is 0 Å². The number of anilines is 1. The normalized spacial score (nSPS) is 13.4. The van der Waals surface area contributed by atoms with Gasteiger partial charge in [0.2, 0.25) is 5.91 Å². The van der Waals surface area contributed by atoms with Crippen LogP contribution in [0.5, 0.6) is 0 Å². The van der Waals surface area contributed by atoms with Crippen molar-refractivity contribution in [3.63, 3.8) is 0 Å². The molecule has 0 fully saturated rings. The van der Waals surface area contributed by atoms with Gasteiger partial charge in [0.15, 0.2) is 0 Å². The molecular weight excluding hydrogens is 358 g/mol. The van der Waals surface area contributed by atoms with Gasteiger partial charge >= 0.3 is 5.97 Å². The number of aryl methyl sites for hydroxylation is 2. The zero-order chi connectivity index (χ0) is 19.2. The third-order valence-corrected chi connectivity index (χ3v) is 5.76. The van der Waals surface area contributed by atoms with Crippen LogP contribution in [0.2, 0.25) is 0 Å². The smallest absolute Gasteiger partial charge is 0.341 e. The highest BCUT2D eigenvalue weighted by molar-refractivity contribution is 7.17. The predicted molar refractivity (Wildman–Crippen MR) is 110 cm³/mol. The minimum atomic E-state index is -0.325. The number of ether oxygens (including phenoxy) is 1. The van der Waals surface area contributed by atoms with Crippen LogP contribution in [-0.4, -0.2) is 18.5 Å². The summed E-state index contributed by atoms with van der Waals surface area (Å²) >= 11 is 1.51. The molecule has 5 heteroatoms. The molecule has 1 aromatic heterocycles. The number of thiophene rings is 1. The molecule has 1 N–H and O–H groups in total. The third-order valence-electron chi connectivity index (χ3n) is 4.55. The molecule has 142 valence electrons. The van der Waals surface area contributed by atoms with E-state index < -0.39 is 0 Å². The van der Waals surface area contributed by atoms with E-state index in [4.69, 9.17) is 4.74 Å². The molecule has 2 aromatic rings. The molecule has 0 unspecified atom stereocenters. The average molecular weight is 384 g/mol. The van der Waals surface area contributed by atoms with Crippen molar-refractivity contribution in [2.45, 2.75) is 46.0 Å². The highest BCUT2D eigenvalue weighted by Gasteiger charge is 2.27. The molecular formula is C22H25NO3S. The van der Waals surface area contributed by atoms with E-state index in [1.807, 2.05) is 38.1 Å². The number of hydrogen-bond acceptors (Lipinski definition) is 4. The number of benzene rings is 1. The van der Waals surface area contributed by atoms with Crippen molar-refractivity contribution >= 4 is 34.3 Å². The van der Waals surface area contributed by atoms with Crippen LogP contribution in [0.15, 0.2) is 30.3 Å². The number of esters is 1. The maximum atomic E-state index is 12.6. The van der Waals surface area contributed by atoms with Crippen molar-refractivity contribution in [2.24, 2.45) is 0 Å². The van der Waals surface area contributed by atoms with E-state index >= 15 is 0 Å². The quantitative estimate of drug-likeness (QED) is 0.554. The molecule has 1 amide bonds. The first-order chi connectivity index (χ1) is 13.1. The molecule has 1 aliphatic carbocycles. The van der Waals surface area contributed by atoms with Gasteiger partial charge in [-0.2, -0.15) is 0 Å². The number of fused-ring (bicyclic) bond motifs is 1. The first-order valence-corrected chi connectivity index (χ1v) is 10.3. The Morgan fingerprint density at radius 2 is 1.93 bits per heavy atom. The Morgan fingerprint density at radius 3 is 2.67 bits per heavy atom. The number of carbonyl (C=O) groups is 2. The van der Waals surface area contributed by atoms with Gasteiger partial charge in [-0.3, -0.25) is 4.79 Å². The fraction of sp³-hybridized carbons (Fsp3) is 0.364. The van der Waals surface area contributed by atoms with Gasteiger partial charge in [0.1, 0.15) is 5.00 Å². The largest absolute Gasteiger partial charge is 0.462 e. The fourth-order valence-corrected chi connectivity index (χ4v) is 4.42. The van der Waals surface area contributed by atoms with Gasteiger partial charge in [-0.15, -0.1) is 11.3 Å². The zero-order valence-corrected chi connectivity index (χ0v) is 16.7. The topological polar surface area (TPSA) is 55.4 Å². The minimum Gasteiger partial charge on any atom is -0.462 e. The second-order valence-electron chi connectivity index (χ2n) is 6.78. The average Bonchev–Trinajstić information content (AvgIpc) is 3.03. The first-order valence-electron chi connectivity index (χ1n) is 9.46. The Hall–Kier alpha value is -2.40. The molecule has 0 bridgehead atoms. The molecule has 1 aromatic carbocycles. The van der Waals surface area contributed by atoms with E-state index in [1.54, 1.807) is 6.08 Å². The molecule has 1 aliphatic rings. The van der Waals surface area contributed by atoms with Gasteiger partial charge in [-0.25, -0.2) is 4.79 Å². The van der Waals surface area contributed by atoms with Crippen molar-refractivity contribution in [3.8, 4) is 0 Å². The Bertz CT molecular complexity index is 849. The predicted octanol–water partition coefficient (Wildman–Crippen LogP) is 5.15.